The highest BCUT2D eigenvalue weighted by Crippen LogP contribution is 2.36. The molecule has 2 rings (SSSR count). The van der Waals surface area contributed by atoms with Crippen molar-refractivity contribution in [2.24, 2.45) is 0 Å². The van der Waals surface area contributed by atoms with Crippen LogP contribution in [-0.4, -0.2) is 13.1 Å². The maximum absolute atomic E-state index is 6.09. The number of hydrogen-bond acceptors (Lipinski definition) is 2. The summed E-state index contributed by atoms with van der Waals surface area (Å²) in [6.45, 7) is 15.0. The topological polar surface area (TPSA) is 29.3 Å². The summed E-state index contributed by atoms with van der Waals surface area (Å²) in [5.41, 5.74) is 13.7. The first-order valence-corrected chi connectivity index (χ1v) is 6.64. The first-order valence-electron chi connectivity index (χ1n) is 6.64. The molecule has 2 N–H and O–H groups in total. The van der Waals surface area contributed by atoms with Crippen LogP contribution in [0.15, 0.2) is 0 Å². The summed E-state index contributed by atoms with van der Waals surface area (Å²) in [6, 6.07) is 0. The minimum Gasteiger partial charge on any atom is -0.398 e. The van der Waals surface area contributed by atoms with Gasteiger partial charge in [0.2, 0.25) is 0 Å². The number of nitrogen functional groups attached to an aromatic ring is 1. The Balaban J connectivity index is 0.000000686. The fraction of sp³-hybridized carbons (Fsp3) is 0.600. The second kappa shape index (κ2) is 5.44. The van der Waals surface area contributed by atoms with E-state index in [-0.39, 0.29) is 0 Å². The van der Waals surface area contributed by atoms with Gasteiger partial charge in [-0.1, -0.05) is 13.8 Å². The smallest absolute Gasteiger partial charge is 0.0432 e. The van der Waals surface area contributed by atoms with Crippen LogP contribution in [0.1, 0.15) is 42.5 Å². The molecule has 0 atom stereocenters. The zero-order valence-electron chi connectivity index (χ0n) is 12.1. The summed E-state index contributed by atoms with van der Waals surface area (Å²) in [5.74, 6) is 0. The van der Waals surface area contributed by atoms with Gasteiger partial charge in [-0.3, -0.25) is 0 Å². The standard InChI is InChI=1S/C13H20N2.C2H6/c1-8-10(3)13(15-6-5-7-15)11(4)9(2)12(8)14;1-2/h5-7,14H2,1-4H3;1-2H3. The van der Waals surface area contributed by atoms with Crippen LogP contribution in [-0.2, 0) is 0 Å². The molecule has 0 aromatic heterocycles. The van der Waals surface area contributed by atoms with Crippen LogP contribution in [0.5, 0.6) is 0 Å². The van der Waals surface area contributed by atoms with E-state index in [4.69, 9.17) is 5.73 Å². The van der Waals surface area contributed by atoms with Gasteiger partial charge in [0.25, 0.3) is 0 Å². The molecule has 0 bridgehead atoms. The molecule has 1 aliphatic heterocycles. The molecule has 2 heteroatoms. The lowest BCUT2D eigenvalue weighted by molar-refractivity contribution is 0.614. The molecule has 0 aliphatic carbocycles. The summed E-state index contributed by atoms with van der Waals surface area (Å²) < 4.78 is 0. The van der Waals surface area contributed by atoms with Crippen LogP contribution >= 0.6 is 0 Å². The van der Waals surface area contributed by atoms with Gasteiger partial charge < -0.3 is 10.6 Å². The van der Waals surface area contributed by atoms with Crippen LogP contribution in [0.3, 0.4) is 0 Å². The zero-order valence-corrected chi connectivity index (χ0v) is 12.1. The molecular formula is C15H26N2. The molecule has 0 spiro atoms. The number of rotatable bonds is 1. The highest BCUT2D eigenvalue weighted by atomic mass is 15.2. The fourth-order valence-corrected chi connectivity index (χ4v) is 2.34. The first kappa shape index (κ1) is 13.9. The molecule has 0 unspecified atom stereocenters. The minimum atomic E-state index is 0.967. The second-order valence-corrected chi connectivity index (χ2v) is 4.60. The van der Waals surface area contributed by atoms with E-state index in [0.29, 0.717) is 0 Å². The van der Waals surface area contributed by atoms with Crippen LogP contribution < -0.4 is 10.6 Å². The van der Waals surface area contributed by atoms with Gasteiger partial charge in [-0.2, -0.15) is 0 Å². The molecule has 1 aromatic rings. The summed E-state index contributed by atoms with van der Waals surface area (Å²) in [5, 5.41) is 0. The highest BCUT2D eigenvalue weighted by Gasteiger charge is 2.21. The Labute approximate surface area is 106 Å². The Morgan fingerprint density at radius 1 is 0.824 bits per heavy atom. The number of benzene rings is 1. The van der Waals surface area contributed by atoms with Crippen molar-refractivity contribution >= 4 is 11.4 Å². The maximum atomic E-state index is 6.09. The number of hydrogen-bond donors (Lipinski definition) is 1. The van der Waals surface area contributed by atoms with Crippen molar-refractivity contribution in [2.45, 2.75) is 48.0 Å². The van der Waals surface area contributed by atoms with E-state index >= 15 is 0 Å². The SMILES string of the molecule is CC.Cc1c(C)c(N2CCC2)c(C)c(C)c1N. The predicted molar refractivity (Wildman–Crippen MR) is 78.0 cm³/mol. The third-order valence-corrected chi connectivity index (χ3v) is 3.82. The molecule has 1 heterocycles. The van der Waals surface area contributed by atoms with E-state index in [1.54, 1.807) is 0 Å². The predicted octanol–water partition coefficient (Wildman–Crippen LogP) is 3.74. The maximum Gasteiger partial charge on any atom is 0.0432 e. The lowest BCUT2D eigenvalue weighted by atomic mass is 9.94. The molecule has 1 aromatic carbocycles. The van der Waals surface area contributed by atoms with Crippen molar-refractivity contribution in [2.75, 3.05) is 23.7 Å². The average molecular weight is 234 g/mol. The van der Waals surface area contributed by atoms with Crippen LogP contribution in [0.4, 0.5) is 11.4 Å². The largest absolute Gasteiger partial charge is 0.398 e. The van der Waals surface area contributed by atoms with Gasteiger partial charge in [-0.25, -0.2) is 0 Å². The Morgan fingerprint density at radius 2 is 1.24 bits per heavy atom. The Morgan fingerprint density at radius 3 is 1.53 bits per heavy atom. The van der Waals surface area contributed by atoms with Gasteiger partial charge in [0.15, 0.2) is 0 Å². The van der Waals surface area contributed by atoms with Crippen molar-refractivity contribution in [3.8, 4) is 0 Å². The Bertz CT molecular complexity index is 375. The van der Waals surface area contributed by atoms with Gasteiger partial charge in [-0.05, 0) is 56.4 Å². The average Bonchev–Trinajstić information content (AvgIpc) is 2.30. The molecule has 1 fully saturated rings. The van der Waals surface area contributed by atoms with E-state index in [2.05, 4.69) is 32.6 Å². The fourth-order valence-electron chi connectivity index (χ4n) is 2.34. The van der Waals surface area contributed by atoms with E-state index in [1.165, 1.54) is 47.5 Å². The summed E-state index contributed by atoms with van der Waals surface area (Å²) in [6.07, 6.45) is 1.32. The van der Waals surface area contributed by atoms with E-state index in [0.717, 1.165) is 5.69 Å². The van der Waals surface area contributed by atoms with Crippen molar-refractivity contribution in [3.05, 3.63) is 22.3 Å². The van der Waals surface area contributed by atoms with Crippen molar-refractivity contribution in [1.82, 2.24) is 0 Å². The van der Waals surface area contributed by atoms with E-state index in [9.17, 15) is 0 Å². The molecule has 1 aliphatic rings. The van der Waals surface area contributed by atoms with Gasteiger partial charge >= 0.3 is 0 Å². The molecule has 0 saturated carbocycles. The first-order chi connectivity index (χ1) is 8.04. The molecular weight excluding hydrogens is 208 g/mol. The molecule has 0 amide bonds. The highest BCUT2D eigenvalue weighted by molar-refractivity contribution is 5.73. The Kier molecular flexibility index (Phi) is 4.44. The van der Waals surface area contributed by atoms with Crippen molar-refractivity contribution in [3.63, 3.8) is 0 Å². The van der Waals surface area contributed by atoms with Gasteiger partial charge in [0.05, 0.1) is 0 Å². The van der Waals surface area contributed by atoms with Crippen LogP contribution in [0.2, 0.25) is 0 Å². The Hall–Kier alpha value is -1.18. The third kappa shape index (κ3) is 2.26. The third-order valence-electron chi connectivity index (χ3n) is 3.82. The molecule has 2 nitrogen and oxygen atoms in total. The van der Waals surface area contributed by atoms with E-state index in [1.807, 2.05) is 13.8 Å². The van der Waals surface area contributed by atoms with Gasteiger partial charge in [-0.15, -0.1) is 0 Å². The van der Waals surface area contributed by atoms with E-state index < -0.39 is 0 Å². The molecule has 0 radical (unpaired) electrons. The zero-order chi connectivity index (χ0) is 13.2. The van der Waals surface area contributed by atoms with Crippen molar-refractivity contribution in [1.29, 1.82) is 0 Å². The van der Waals surface area contributed by atoms with Gasteiger partial charge in [0.1, 0.15) is 0 Å². The molecule has 17 heavy (non-hydrogen) atoms. The lowest BCUT2D eigenvalue weighted by Gasteiger charge is -2.37. The number of nitrogens with two attached hydrogens (primary N) is 1. The number of nitrogens with zero attached hydrogens (tertiary/aromatic N) is 1. The normalized spacial score (nSPS) is 13.9. The quantitative estimate of drug-likeness (QED) is 0.750. The summed E-state index contributed by atoms with van der Waals surface area (Å²) in [4.78, 5) is 2.46. The monoisotopic (exact) mass is 234 g/mol. The second-order valence-electron chi connectivity index (χ2n) is 4.60. The van der Waals surface area contributed by atoms with Crippen LogP contribution in [0.25, 0.3) is 0 Å². The summed E-state index contributed by atoms with van der Waals surface area (Å²) >= 11 is 0. The molecule has 96 valence electrons. The summed E-state index contributed by atoms with van der Waals surface area (Å²) in [7, 11) is 0. The minimum absolute atomic E-state index is 0.967. The molecule has 1 saturated heterocycles. The number of anilines is 2. The van der Waals surface area contributed by atoms with Crippen LogP contribution in [0, 0.1) is 27.7 Å². The van der Waals surface area contributed by atoms with Gasteiger partial charge in [0, 0.05) is 24.5 Å². The lowest BCUT2D eigenvalue weighted by Crippen LogP contribution is -2.38. The van der Waals surface area contributed by atoms with Crippen molar-refractivity contribution < 1.29 is 0 Å².